The molecule has 4 heteroatoms. The van der Waals surface area contributed by atoms with Crippen LogP contribution in [0.5, 0.6) is 0 Å². The first-order valence-electron chi connectivity index (χ1n) is 3.55. The highest BCUT2D eigenvalue weighted by atomic mass is 79.9. The van der Waals surface area contributed by atoms with Crippen molar-refractivity contribution in [3.05, 3.63) is 44.2 Å². The highest BCUT2D eigenvalue weighted by Crippen LogP contribution is 2.21. The van der Waals surface area contributed by atoms with Gasteiger partial charge in [0.25, 0.3) is 0 Å². The maximum atomic E-state index is 11.6. The summed E-state index contributed by atoms with van der Waals surface area (Å²) in [5.74, 6) is 0. The lowest BCUT2D eigenvalue weighted by Crippen LogP contribution is -2.01. The molecule has 0 aliphatic rings. The molecule has 0 aliphatic heterocycles. The van der Waals surface area contributed by atoms with E-state index in [1.54, 1.807) is 18.2 Å². The Balaban J connectivity index is 3.06. The zero-order valence-electron chi connectivity index (χ0n) is 6.38. The van der Waals surface area contributed by atoms with Crippen molar-refractivity contribution >= 4 is 38.5 Å². The lowest BCUT2D eigenvalue weighted by Gasteiger charge is -1.97. The predicted octanol–water partition coefficient (Wildman–Crippen LogP) is 3.21. The minimum absolute atomic E-state index is 0.146. The number of hydrogen-bond acceptors (Lipinski definition) is 2. The number of rotatable bonds is 0. The second-order valence-corrected chi connectivity index (χ2v) is 3.79. The molecule has 1 heterocycles. The van der Waals surface area contributed by atoms with Crippen molar-refractivity contribution in [2.75, 3.05) is 0 Å². The van der Waals surface area contributed by atoms with E-state index in [9.17, 15) is 4.79 Å². The highest BCUT2D eigenvalue weighted by molar-refractivity contribution is 9.10. The van der Waals surface area contributed by atoms with Gasteiger partial charge in [0, 0.05) is 0 Å². The van der Waals surface area contributed by atoms with Gasteiger partial charge in [-0.2, -0.15) is 0 Å². The monoisotopic (exact) mass is 258 g/mol. The van der Waals surface area contributed by atoms with E-state index < -0.39 is 0 Å². The van der Waals surface area contributed by atoms with Crippen molar-refractivity contribution in [1.29, 1.82) is 0 Å². The van der Waals surface area contributed by atoms with Crippen molar-refractivity contribution in [3.63, 3.8) is 0 Å². The Kier molecular flexibility index (Phi) is 2.14. The molecule has 0 fully saturated rings. The number of halogens is 2. The second kappa shape index (κ2) is 3.16. The van der Waals surface area contributed by atoms with Crippen molar-refractivity contribution in [2.24, 2.45) is 0 Å². The molecule has 0 saturated heterocycles. The molecular weight excluding hydrogens is 255 g/mol. The van der Waals surface area contributed by atoms with Gasteiger partial charge in [-0.1, -0.05) is 17.7 Å². The Morgan fingerprint density at radius 3 is 2.92 bits per heavy atom. The van der Waals surface area contributed by atoms with Gasteiger partial charge in [-0.15, -0.1) is 0 Å². The molecule has 0 amide bonds. The molecule has 2 rings (SSSR count). The van der Waals surface area contributed by atoms with Crippen LogP contribution in [-0.4, -0.2) is 0 Å². The molecule has 0 aliphatic carbocycles. The van der Waals surface area contributed by atoms with Crippen LogP contribution in [0.15, 0.2) is 38.1 Å². The molecule has 0 N–H and O–H groups in total. The van der Waals surface area contributed by atoms with E-state index in [-0.39, 0.29) is 5.43 Å². The fourth-order valence-corrected chi connectivity index (χ4v) is 1.65. The second-order valence-electron chi connectivity index (χ2n) is 2.53. The number of hydrogen-bond donors (Lipinski definition) is 0. The average Bonchev–Trinajstić information content (AvgIpc) is 2.12. The maximum absolute atomic E-state index is 11.6. The molecule has 2 aromatic rings. The van der Waals surface area contributed by atoms with Crippen molar-refractivity contribution in [2.45, 2.75) is 0 Å². The van der Waals surface area contributed by atoms with Crippen LogP contribution in [0.25, 0.3) is 11.0 Å². The van der Waals surface area contributed by atoms with Gasteiger partial charge in [-0.05, 0) is 28.1 Å². The molecule has 2 nitrogen and oxygen atoms in total. The van der Waals surface area contributed by atoms with Gasteiger partial charge in [-0.25, -0.2) is 0 Å². The summed E-state index contributed by atoms with van der Waals surface area (Å²) in [6, 6.07) is 5.10. The van der Waals surface area contributed by atoms with Gasteiger partial charge >= 0.3 is 0 Å². The van der Waals surface area contributed by atoms with Gasteiger partial charge < -0.3 is 4.42 Å². The first-order chi connectivity index (χ1) is 6.20. The van der Waals surface area contributed by atoms with E-state index >= 15 is 0 Å². The van der Waals surface area contributed by atoms with Gasteiger partial charge in [0.15, 0.2) is 0 Å². The Morgan fingerprint density at radius 1 is 1.38 bits per heavy atom. The Labute approximate surface area is 87.3 Å². The van der Waals surface area contributed by atoms with E-state index in [1.807, 2.05) is 0 Å². The fraction of sp³-hybridized carbons (Fsp3) is 0. The molecule has 0 atom stereocenters. The van der Waals surface area contributed by atoms with Crippen LogP contribution < -0.4 is 5.43 Å². The third-order valence-electron chi connectivity index (χ3n) is 1.71. The van der Waals surface area contributed by atoms with Crippen molar-refractivity contribution < 1.29 is 4.42 Å². The summed E-state index contributed by atoms with van der Waals surface area (Å²) in [5.41, 5.74) is 0.354. The normalized spacial score (nSPS) is 10.6. The van der Waals surface area contributed by atoms with Gasteiger partial charge in [-0.3, -0.25) is 4.79 Å². The average molecular weight is 259 g/mol. The summed E-state index contributed by atoms with van der Waals surface area (Å²) >= 11 is 8.94. The summed E-state index contributed by atoms with van der Waals surface area (Å²) in [7, 11) is 0. The fourth-order valence-electron chi connectivity index (χ4n) is 1.11. The third kappa shape index (κ3) is 1.38. The molecule has 13 heavy (non-hydrogen) atoms. The molecule has 0 radical (unpaired) electrons. The maximum Gasteiger partial charge on any atom is 0.208 e. The molecule has 1 aromatic carbocycles. The number of fused-ring (bicyclic) bond motifs is 1. The molecule has 0 bridgehead atoms. The summed E-state index contributed by atoms with van der Waals surface area (Å²) < 4.78 is 5.56. The van der Waals surface area contributed by atoms with Crippen LogP contribution in [0, 0.1) is 0 Å². The molecule has 0 saturated carbocycles. The first-order valence-corrected chi connectivity index (χ1v) is 4.73. The highest BCUT2D eigenvalue weighted by Gasteiger charge is 2.07. The molecule has 0 unspecified atom stereocenters. The minimum Gasteiger partial charge on any atom is -0.463 e. The molecule has 0 spiro atoms. The van der Waals surface area contributed by atoms with Crippen LogP contribution >= 0.6 is 27.5 Å². The largest absolute Gasteiger partial charge is 0.463 e. The minimum atomic E-state index is -0.146. The lowest BCUT2D eigenvalue weighted by atomic mass is 10.2. The summed E-state index contributed by atoms with van der Waals surface area (Å²) in [4.78, 5) is 11.6. The van der Waals surface area contributed by atoms with E-state index in [1.165, 1.54) is 6.26 Å². The quantitative estimate of drug-likeness (QED) is 0.727. The van der Waals surface area contributed by atoms with E-state index in [0.29, 0.717) is 20.5 Å². The van der Waals surface area contributed by atoms with Crippen molar-refractivity contribution in [1.82, 2.24) is 0 Å². The van der Waals surface area contributed by atoms with Gasteiger partial charge in [0.2, 0.25) is 5.43 Å². The van der Waals surface area contributed by atoms with Crippen LogP contribution in [-0.2, 0) is 0 Å². The van der Waals surface area contributed by atoms with E-state index in [4.69, 9.17) is 16.0 Å². The number of benzene rings is 1. The zero-order chi connectivity index (χ0) is 9.42. The first kappa shape index (κ1) is 8.78. The van der Waals surface area contributed by atoms with Crippen LogP contribution in [0.2, 0.25) is 5.02 Å². The summed E-state index contributed by atoms with van der Waals surface area (Å²) in [6.07, 6.45) is 1.36. The Hall–Kier alpha value is -0.800. The van der Waals surface area contributed by atoms with Gasteiger partial charge in [0.1, 0.15) is 16.3 Å². The third-order valence-corrected chi connectivity index (χ3v) is 2.57. The lowest BCUT2D eigenvalue weighted by molar-refractivity contribution is 0.599. The summed E-state index contributed by atoms with van der Waals surface area (Å²) in [5, 5.41) is 0.825. The van der Waals surface area contributed by atoms with E-state index in [0.717, 1.165) is 0 Å². The van der Waals surface area contributed by atoms with Crippen LogP contribution in [0.4, 0.5) is 0 Å². The van der Waals surface area contributed by atoms with Crippen LogP contribution in [0.3, 0.4) is 0 Å². The topological polar surface area (TPSA) is 30.2 Å². The van der Waals surface area contributed by atoms with E-state index in [2.05, 4.69) is 15.9 Å². The summed E-state index contributed by atoms with van der Waals surface area (Å²) in [6.45, 7) is 0. The zero-order valence-corrected chi connectivity index (χ0v) is 8.72. The molecule has 1 aromatic heterocycles. The molecule has 66 valence electrons. The van der Waals surface area contributed by atoms with Crippen molar-refractivity contribution in [3.8, 4) is 0 Å². The SMILES string of the molecule is O=c1c(Br)coc2cccc(Cl)c12. The van der Waals surface area contributed by atoms with Crippen LogP contribution in [0.1, 0.15) is 0 Å². The standard InChI is InChI=1S/C9H4BrClO2/c10-5-4-13-7-3-1-2-6(11)8(7)9(5)12/h1-4H. The Morgan fingerprint density at radius 2 is 2.15 bits per heavy atom. The molecular formula is C9H4BrClO2. The smallest absolute Gasteiger partial charge is 0.208 e. The van der Waals surface area contributed by atoms with Gasteiger partial charge in [0.05, 0.1) is 10.4 Å². The predicted molar refractivity (Wildman–Crippen MR) is 55.2 cm³/mol. The Bertz CT molecular complexity index is 518.